The zero-order valence-corrected chi connectivity index (χ0v) is 52.9. The van der Waals surface area contributed by atoms with Gasteiger partial charge in [0.05, 0.1) is 48.8 Å². The van der Waals surface area contributed by atoms with Gasteiger partial charge in [-0.25, -0.2) is 9.59 Å². The molecule has 10 amide bonds. The number of carbonyl (C=O) groups is 9. The Labute approximate surface area is 503 Å². The smallest absolute Gasteiger partial charge is 0.410 e. The minimum absolute atomic E-state index is 0.0812. The number of primary amides is 1. The van der Waals surface area contributed by atoms with E-state index in [0.29, 0.717) is 55.5 Å². The van der Waals surface area contributed by atoms with Crippen LogP contribution in [0.3, 0.4) is 0 Å². The van der Waals surface area contributed by atoms with Crippen molar-refractivity contribution in [1.29, 1.82) is 0 Å². The van der Waals surface area contributed by atoms with Gasteiger partial charge in [-0.2, -0.15) is 0 Å². The summed E-state index contributed by atoms with van der Waals surface area (Å²) in [6.45, 7) is 20.4. The van der Waals surface area contributed by atoms with Crippen LogP contribution >= 0.6 is 0 Å². The first-order valence-corrected chi connectivity index (χ1v) is 30.0. The van der Waals surface area contributed by atoms with Gasteiger partial charge in [-0.1, -0.05) is 118 Å². The Morgan fingerprint density at radius 1 is 0.741 bits per heavy atom. The van der Waals surface area contributed by atoms with Crippen LogP contribution in [0.5, 0.6) is 0 Å². The zero-order chi connectivity index (χ0) is 63.8. The highest BCUT2D eigenvalue weighted by molar-refractivity contribution is 5.98. The van der Waals surface area contributed by atoms with E-state index in [1.807, 2.05) is 52.8 Å². The topological polar surface area (TPSA) is 309 Å². The summed E-state index contributed by atoms with van der Waals surface area (Å²) in [5, 5.41) is 27.6. The van der Waals surface area contributed by atoms with Crippen molar-refractivity contribution in [2.45, 2.75) is 195 Å². The monoisotopic (exact) mass is 1190 g/mol. The van der Waals surface area contributed by atoms with Crippen molar-refractivity contribution in [3.8, 4) is 0 Å². The van der Waals surface area contributed by atoms with Gasteiger partial charge in [0.25, 0.3) is 0 Å². The van der Waals surface area contributed by atoms with Crippen molar-refractivity contribution >= 4 is 59.2 Å². The molecule has 0 saturated carbocycles. The molecule has 1 fully saturated rings. The first kappa shape index (κ1) is 72.4. The summed E-state index contributed by atoms with van der Waals surface area (Å²) >= 11 is 0. The average Bonchev–Trinajstić information content (AvgIpc) is 4.23. The number of benzene rings is 2. The van der Waals surface area contributed by atoms with Crippen LogP contribution in [0.4, 0.5) is 15.3 Å². The molecule has 1 saturated heterocycles. The number of nitrogens with zero attached hydrogens (tertiary/aromatic N) is 3. The van der Waals surface area contributed by atoms with Crippen LogP contribution in [0.1, 0.15) is 145 Å². The van der Waals surface area contributed by atoms with Gasteiger partial charge < -0.3 is 66.8 Å². The Balaban J connectivity index is 1.71. The summed E-state index contributed by atoms with van der Waals surface area (Å²) in [6.07, 6.45) is -0.0542. The van der Waals surface area contributed by atoms with Crippen molar-refractivity contribution in [3.63, 3.8) is 0 Å². The van der Waals surface area contributed by atoms with Crippen molar-refractivity contribution in [2.75, 3.05) is 46.7 Å². The largest absolute Gasteiger partial charge is 0.445 e. The van der Waals surface area contributed by atoms with Crippen LogP contribution in [0.2, 0.25) is 0 Å². The Morgan fingerprint density at radius 3 is 1.93 bits per heavy atom. The number of nitrogens with one attached hydrogen (secondary N) is 6. The molecule has 23 nitrogen and oxygen atoms in total. The van der Waals surface area contributed by atoms with Gasteiger partial charge in [-0.05, 0) is 86.0 Å². The Morgan fingerprint density at radius 2 is 1.38 bits per heavy atom. The molecule has 0 bridgehead atoms. The van der Waals surface area contributed by atoms with Gasteiger partial charge in [0.15, 0.2) is 0 Å². The number of likely N-dealkylation sites (tertiary alicyclic amines) is 1. The molecule has 23 heteroatoms. The van der Waals surface area contributed by atoms with Gasteiger partial charge in [0, 0.05) is 53.5 Å². The molecular weight excluding hydrogens is 1090 g/mol. The van der Waals surface area contributed by atoms with Crippen molar-refractivity contribution in [3.05, 3.63) is 65.7 Å². The lowest BCUT2D eigenvalue weighted by Gasteiger charge is -2.41. The van der Waals surface area contributed by atoms with Crippen molar-refractivity contribution < 1.29 is 62.5 Å². The fourth-order valence-electron chi connectivity index (χ4n) is 10.9. The SMILES string of the molecule is CCCC(=O)N[C@H](C(=O)N[C@@H](CCCNC(N)=O)C(=O)Nc1ccc(COC(=O)N(C)[C@H](C(=O)N[C@H](C(=O)N(C)[C@@H](C(C)CC)[C@@H](CC(=O)N2CCC[C@H]2[C@H](OC)[C@@H](C)C(=O)N[C@H](C)C(O)c2ccccc2)OC)C(C)C)C(C)C)cc1)C(C)C. The molecule has 1 aliphatic heterocycles. The van der Waals surface area contributed by atoms with E-state index in [0.717, 1.165) is 0 Å². The van der Waals surface area contributed by atoms with Crippen LogP contribution in [-0.2, 0) is 54.4 Å². The maximum absolute atomic E-state index is 14.8. The summed E-state index contributed by atoms with van der Waals surface area (Å²) in [5.74, 6) is -4.86. The fourth-order valence-corrected chi connectivity index (χ4v) is 10.9. The van der Waals surface area contributed by atoms with E-state index < -0.39 is 114 Å². The quantitative estimate of drug-likeness (QED) is 0.0408. The molecule has 2 unspecified atom stereocenters. The Kier molecular flexibility index (Phi) is 30.3. The van der Waals surface area contributed by atoms with Gasteiger partial charge in [-0.15, -0.1) is 0 Å². The van der Waals surface area contributed by atoms with E-state index >= 15 is 0 Å². The highest BCUT2D eigenvalue weighted by Gasteiger charge is 2.44. The van der Waals surface area contributed by atoms with Crippen LogP contribution in [0.15, 0.2) is 54.6 Å². The number of ether oxygens (including phenoxy) is 3. The Hall–Kier alpha value is -6.85. The summed E-state index contributed by atoms with van der Waals surface area (Å²) < 4.78 is 17.7. The summed E-state index contributed by atoms with van der Waals surface area (Å²) in [4.78, 5) is 126. The number of anilines is 1. The molecule has 1 aliphatic rings. The minimum atomic E-state index is -1.06. The van der Waals surface area contributed by atoms with Crippen LogP contribution < -0.4 is 37.6 Å². The second kappa shape index (κ2) is 35.6. The highest BCUT2D eigenvalue weighted by atomic mass is 16.6. The second-order valence-electron chi connectivity index (χ2n) is 23.5. The van der Waals surface area contributed by atoms with E-state index in [-0.39, 0.29) is 62.0 Å². The first-order chi connectivity index (χ1) is 40.1. The van der Waals surface area contributed by atoms with E-state index in [1.54, 1.807) is 94.8 Å². The van der Waals surface area contributed by atoms with Crippen LogP contribution in [0, 0.1) is 29.6 Å². The van der Waals surface area contributed by atoms with E-state index in [2.05, 4.69) is 31.9 Å². The van der Waals surface area contributed by atoms with Gasteiger partial charge >= 0.3 is 12.1 Å². The fraction of sp³-hybridized carbons (Fsp3) is 0.661. The maximum Gasteiger partial charge on any atom is 0.410 e. The third kappa shape index (κ3) is 21.6. The second-order valence-corrected chi connectivity index (χ2v) is 23.5. The van der Waals surface area contributed by atoms with E-state index in [1.165, 1.54) is 26.2 Å². The molecular formula is C62H100N10O13. The minimum Gasteiger partial charge on any atom is -0.445 e. The number of hydrogen-bond acceptors (Lipinski definition) is 13. The predicted octanol–water partition coefficient (Wildman–Crippen LogP) is 5.39. The highest BCUT2D eigenvalue weighted by Crippen LogP contribution is 2.30. The maximum atomic E-state index is 14.8. The zero-order valence-electron chi connectivity index (χ0n) is 52.9. The number of carbonyl (C=O) groups excluding carboxylic acids is 9. The van der Waals surface area contributed by atoms with Crippen molar-refractivity contribution in [1.82, 2.24) is 41.3 Å². The molecule has 476 valence electrons. The predicted molar refractivity (Wildman–Crippen MR) is 324 cm³/mol. The van der Waals surface area contributed by atoms with Gasteiger partial charge in [0.1, 0.15) is 30.8 Å². The van der Waals surface area contributed by atoms with Gasteiger partial charge in [0.2, 0.25) is 41.4 Å². The molecule has 9 N–H and O–H groups in total. The molecule has 0 radical (unpaired) electrons. The standard InChI is InChI=1S/C62H100N10O13/c1-16-23-48(73)68-50(36(3)4)58(78)67-45(26-21-32-64-61(63)81)57(77)66-44-30-28-42(29-31-44)35-85-62(82)71(13)52(38(7)8)59(79)69-51(37(5)6)60(80)70(12)53(39(9)17-2)47(83-14)34-49(74)72-33-22-27-46(72)55(84-15)40(10)56(76)65-41(11)54(75)43-24-19-18-20-25-43/h18-20,24-25,28-31,36-41,45-47,50-55,75H,16-17,21-23,26-27,32-35H2,1-15H3,(H,65,76)(H,66,77)(H,67,78)(H,68,73)(H,69,79)(H3,63,64,81)/t39?,40-,41-,45+,46+,47-,50+,51+,52+,53+,54?,55-/m1/s1. The van der Waals surface area contributed by atoms with Crippen LogP contribution in [-0.4, -0.2) is 169 Å². The number of hydrogen-bond donors (Lipinski definition) is 8. The number of amides is 10. The molecule has 0 spiro atoms. The lowest BCUT2D eigenvalue weighted by Crippen LogP contribution is -2.60. The number of aliphatic hydroxyl groups excluding tert-OH is 1. The number of methoxy groups -OCH3 is 2. The number of urea groups is 1. The summed E-state index contributed by atoms with van der Waals surface area (Å²) in [7, 11) is 6.11. The lowest BCUT2D eigenvalue weighted by atomic mass is 9.89. The number of likely N-dealkylation sites (N-methyl/N-ethyl adjacent to an activating group) is 2. The molecule has 85 heavy (non-hydrogen) atoms. The number of rotatable bonds is 34. The lowest BCUT2D eigenvalue weighted by molar-refractivity contribution is -0.148. The van der Waals surface area contributed by atoms with Gasteiger partial charge in [-0.3, -0.25) is 38.5 Å². The molecule has 0 aliphatic carbocycles. The molecule has 3 rings (SSSR count). The molecule has 1 heterocycles. The summed E-state index contributed by atoms with van der Waals surface area (Å²) in [5.41, 5.74) is 6.80. The normalized spacial score (nSPS) is 17.2. The van der Waals surface area contributed by atoms with E-state index in [4.69, 9.17) is 19.9 Å². The Bertz CT molecular complexity index is 2480. The van der Waals surface area contributed by atoms with Crippen LogP contribution in [0.25, 0.3) is 0 Å². The molecule has 12 atom stereocenters. The third-order valence-electron chi connectivity index (χ3n) is 16.0. The van der Waals surface area contributed by atoms with Crippen molar-refractivity contribution in [2.24, 2.45) is 35.3 Å². The number of nitrogens with two attached hydrogens (primary N) is 1. The molecule has 0 aromatic heterocycles. The molecule has 2 aromatic carbocycles. The number of aliphatic hydroxyl groups is 1. The third-order valence-corrected chi connectivity index (χ3v) is 16.0. The van der Waals surface area contributed by atoms with E-state index in [9.17, 15) is 48.3 Å². The first-order valence-electron chi connectivity index (χ1n) is 30.0. The molecule has 2 aromatic rings. The summed E-state index contributed by atoms with van der Waals surface area (Å²) in [6, 6.07) is 9.12. The average molecular weight is 1190 g/mol.